The highest BCUT2D eigenvalue weighted by Crippen LogP contribution is 2.25. The Morgan fingerprint density at radius 3 is 2.48 bits per heavy atom. The van der Waals surface area contributed by atoms with Crippen LogP contribution in [0.1, 0.15) is 23.7 Å². The first-order valence-electron chi connectivity index (χ1n) is 6.79. The van der Waals surface area contributed by atoms with E-state index in [1.54, 1.807) is 18.2 Å². The summed E-state index contributed by atoms with van der Waals surface area (Å²) in [5, 5.41) is 3.19. The van der Waals surface area contributed by atoms with Crippen LogP contribution in [0.4, 0.5) is 17.1 Å². The molecule has 0 saturated heterocycles. The number of rotatable bonds is 6. The summed E-state index contributed by atoms with van der Waals surface area (Å²) in [6.07, 6.45) is 0.975. The molecule has 2 aromatic carbocycles. The standard InChI is InChI=1S/C16H19N3O2/c1-2-9-21-13-6-4-12(5-7-13)19-15-8-3-11(16(18)20)10-14(15)17/h3-8,10,19H,2,9,17H2,1H3,(H2,18,20). The Bertz CT molecular complexity index is 624. The fourth-order valence-corrected chi connectivity index (χ4v) is 1.84. The summed E-state index contributed by atoms with van der Waals surface area (Å²) >= 11 is 0. The molecule has 2 rings (SSSR count). The van der Waals surface area contributed by atoms with Gasteiger partial charge in [-0.2, -0.15) is 0 Å². The van der Waals surface area contributed by atoms with Crippen LogP contribution in [0.25, 0.3) is 0 Å². The molecule has 0 fully saturated rings. The Morgan fingerprint density at radius 1 is 1.19 bits per heavy atom. The van der Waals surface area contributed by atoms with Crippen molar-refractivity contribution in [3.8, 4) is 5.75 Å². The van der Waals surface area contributed by atoms with Crippen LogP contribution in [0.2, 0.25) is 0 Å². The topological polar surface area (TPSA) is 90.4 Å². The lowest BCUT2D eigenvalue weighted by molar-refractivity contribution is 0.100. The average molecular weight is 285 g/mol. The molecule has 2 aromatic rings. The van der Waals surface area contributed by atoms with Crippen LogP contribution in [-0.4, -0.2) is 12.5 Å². The highest BCUT2D eigenvalue weighted by atomic mass is 16.5. The van der Waals surface area contributed by atoms with Gasteiger partial charge in [0.25, 0.3) is 0 Å². The molecule has 5 heteroatoms. The number of hydrogen-bond donors (Lipinski definition) is 3. The van der Waals surface area contributed by atoms with E-state index >= 15 is 0 Å². The summed E-state index contributed by atoms with van der Waals surface area (Å²) in [7, 11) is 0. The fourth-order valence-electron chi connectivity index (χ4n) is 1.84. The van der Waals surface area contributed by atoms with Gasteiger partial charge >= 0.3 is 0 Å². The monoisotopic (exact) mass is 285 g/mol. The van der Waals surface area contributed by atoms with E-state index in [1.165, 1.54) is 0 Å². The Kier molecular flexibility index (Phi) is 4.66. The van der Waals surface area contributed by atoms with Crippen molar-refractivity contribution < 1.29 is 9.53 Å². The molecule has 0 aromatic heterocycles. The number of anilines is 3. The quantitative estimate of drug-likeness (QED) is 0.712. The minimum atomic E-state index is -0.495. The maximum absolute atomic E-state index is 11.1. The van der Waals surface area contributed by atoms with Crippen LogP contribution in [0.3, 0.4) is 0 Å². The summed E-state index contributed by atoms with van der Waals surface area (Å²) in [6.45, 7) is 2.77. The van der Waals surface area contributed by atoms with Gasteiger partial charge in [0.2, 0.25) is 5.91 Å². The van der Waals surface area contributed by atoms with Crippen LogP contribution in [0.15, 0.2) is 42.5 Å². The first kappa shape index (κ1) is 14.7. The molecule has 0 bridgehead atoms. The second-order valence-corrected chi connectivity index (χ2v) is 4.66. The molecular weight excluding hydrogens is 266 g/mol. The predicted molar refractivity (Wildman–Crippen MR) is 84.9 cm³/mol. The van der Waals surface area contributed by atoms with Crippen LogP contribution in [-0.2, 0) is 0 Å². The van der Waals surface area contributed by atoms with Crippen molar-refractivity contribution in [2.45, 2.75) is 13.3 Å². The number of carbonyl (C=O) groups excluding carboxylic acids is 1. The average Bonchev–Trinajstić information content (AvgIpc) is 2.48. The van der Waals surface area contributed by atoms with Gasteiger partial charge in [-0.05, 0) is 48.9 Å². The van der Waals surface area contributed by atoms with Gasteiger partial charge in [-0.15, -0.1) is 0 Å². The van der Waals surface area contributed by atoms with Crippen LogP contribution >= 0.6 is 0 Å². The van der Waals surface area contributed by atoms with Gasteiger partial charge in [0, 0.05) is 11.3 Å². The SMILES string of the molecule is CCCOc1ccc(Nc2ccc(C(N)=O)cc2N)cc1. The second kappa shape index (κ2) is 6.65. The van der Waals surface area contributed by atoms with Gasteiger partial charge in [-0.25, -0.2) is 0 Å². The van der Waals surface area contributed by atoms with Crippen molar-refractivity contribution in [1.29, 1.82) is 0 Å². The molecule has 0 unspecified atom stereocenters. The van der Waals surface area contributed by atoms with Crippen LogP contribution in [0, 0.1) is 0 Å². The maximum Gasteiger partial charge on any atom is 0.248 e. The molecule has 0 aliphatic rings. The van der Waals surface area contributed by atoms with Crippen LogP contribution < -0.4 is 21.5 Å². The normalized spacial score (nSPS) is 10.1. The highest BCUT2D eigenvalue weighted by molar-refractivity contribution is 5.95. The minimum absolute atomic E-state index is 0.390. The Hall–Kier alpha value is -2.69. The minimum Gasteiger partial charge on any atom is -0.494 e. The highest BCUT2D eigenvalue weighted by Gasteiger charge is 2.05. The second-order valence-electron chi connectivity index (χ2n) is 4.66. The van der Waals surface area contributed by atoms with E-state index < -0.39 is 5.91 Å². The van der Waals surface area contributed by atoms with Gasteiger partial charge in [0.05, 0.1) is 18.0 Å². The third-order valence-corrected chi connectivity index (χ3v) is 2.94. The molecular formula is C16H19N3O2. The molecule has 110 valence electrons. The molecule has 0 aliphatic carbocycles. The van der Waals surface area contributed by atoms with Crippen LogP contribution in [0.5, 0.6) is 5.75 Å². The van der Waals surface area contributed by atoms with E-state index in [0.29, 0.717) is 17.9 Å². The van der Waals surface area contributed by atoms with Gasteiger partial charge in [-0.3, -0.25) is 4.79 Å². The van der Waals surface area contributed by atoms with E-state index in [0.717, 1.165) is 23.5 Å². The van der Waals surface area contributed by atoms with E-state index in [9.17, 15) is 4.79 Å². The Labute approximate surface area is 123 Å². The van der Waals surface area contributed by atoms with Crippen molar-refractivity contribution >= 4 is 23.0 Å². The summed E-state index contributed by atoms with van der Waals surface area (Å²) in [5.74, 6) is 0.338. The van der Waals surface area contributed by atoms with Gasteiger partial charge in [-0.1, -0.05) is 6.92 Å². The van der Waals surface area contributed by atoms with E-state index in [1.807, 2.05) is 24.3 Å². The lowest BCUT2D eigenvalue weighted by atomic mass is 10.1. The molecule has 5 N–H and O–H groups in total. The number of hydrogen-bond acceptors (Lipinski definition) is 4. The molecule has 21 heavy (non-hydrogen) atoms. The molecule has 0 saturated carbocycles. The zero-order chi connectivity index (χ0) is 15.2. The number of amides is 1. The summed E-state index contributed by atoms with van der Waals surface area (Å²) < 4.78 is 5.52. The zero-order valence-electron chi connectivity index (χ0n) is 11.9. The molecule has 0 radical (unpaired) electrons. The summed E-state index contributed by atoms with van der Waals surface area (Å²) in [6, 6.07) is 12.5. The number of carbonyl (C=O) groups is 1. The smallest absolute Gasteiger partial charge is 0.248 e. The van der Waals surface area contributed by atoms with Crippen molar-refractivity contribution in [2.24, 2.45) is 5.73 Å². The molecule has 0 aliphatic heterocycles. The van der Waals surface area contributed by atoms with E-state index in [2.05, 4.69) is 12.2 Å². The van der Waals surface area contributed by atoms with Crippen molar-refractivity contribution in [1.82, 2.24) is 0 Å². The Balaban J connectivity index is 2.09. The van der Waals surface area contributed by atoms with Gasteiger partial charge in [0.15, 0.2) is 0 Å². The number of nitrogen functional groups attached to an aromatic ring is 1. The molecule has 1 amide bonds. The number of primary amides is 1. The van der Waals surface area contributed by atoms with E-state index in [-0.39, 0.29) is 0 Å². The first-order valence-corrected chi connectivity index (χ1v) is 6.79. The number of ether oxygens (including phenoxy) is 1. The number of nitrogens with two attached hydrogens (primary N) is 2. The lowest BCUT2D eigenvalue weighted by Crippen LogP contribution is -2.11. The zero-order valence-corrected chi connectivity index (χ0v) is 11.9. The maximum atomic E-state index is 11.1. The third kappa shape index (κ3) is 3.89. The van der Waals surface area contributed by atoms with Gasteiger partial charge < -0.3 is 21.5 Å². The summed E-state index contributed by atoms with van der Waals surface area (Å²) in [5.41, 5.74) is 13.6. The van der Waals surface area contributed by atoms with Crippen molar-refractivity contribution in [3.05, 3.63) is 48.0 Å². The third-order valence-electron chi connectivity index (χ3n) is 2.94. The lowest BCUT2D eigenvalue weighted by Gasteiger charge is -2.11. The molecule has 5 nitrogen and oxygen atoms in total. The predicted octanol–water partition coefficient (Wildman–Crippen LogP) is 2.90. The van der Waals surface area contributed by atoms with Crippen molar-refractivity contribution in [2.75, 3.05) is 17.7 Å². The molecule has 0 atom stereocenters. The fraction of sp³-hybridized carbons (Fsp3) is 0.188. The van der Waals surface area contributed by atoms with Crippen molar-refractivity contribution in [3.63, 3.8) is 0 Å². The Morgan fingerprint density at radius 2 is 1.90 bits per heavy atom. The largest absolute Gasteiger partial charge is 0.494 e. The molecule has 0 spiro atoms. The number of nitrogens with one attached hydrogen (secondary N) is 1. The summed E-state index contributed by atoms with van der Waals surface area (Å²) in [4.78, 5) is 11.1. The molecule has 0 heterocycles. The number of benzene rings is 2. The first-order chi connectivity index (χ1) is 10.1. The van der Waals surface area contributed by atoms with Gasteiger partial charge in [0.1, 0.15) is 5.75 Å². The van der Waals surface area contributed by atoms with E-state index in [4.69, 9.17) is 16.2 Å².